The Morgan fingerprint density at radius 3 is 2.22 bits per heavy atom. The zero-order valence-corrected chi connectivity index (χ0v) is 41.5. The molecule has 313 valence electrons. The van der Waals surface area contributed by atoms with Gasteiger partial charge in [-0.25, -0.2) is 0 Å². The van der Waals surface area contributed by atoms with E-state index < -0.39 is 6.29 Å². The van der Waals surface area contributed by atoms with Crippen molar-refractivity contribution in [1.29, 1.82) is 0 Å². The minimum absolute atomic E-state index is 0. The van der Waals surface area contributed by atoms with Crippen molar-refractivity contribution in [2.24, 2.45) is 74.4 Å². The topological polar surface area (TPSA) is 54.0 Å². The molecule has 2 heterocycles. The molecule has 2 saturated heterocycles. The Balaban J connectivity index is 0.00000290. The molecule has 6 fully saturated rings. The minimum Gasteiger partial charge on any atom is -0.379 e. The molecule has 0 aromatic carbocycles. The second-order valence-corrected chi connectivity index (χ2v) is 21.7. The summed E-state index contributed by atoms with van der Waals surface area (Å²) < 4.78 is 27.7. The van der Waals surface area contributed by atoms with Gasteiger partial charge in [0, 0.05) is 45.5 Å². The van der Waals surface area contributed by atoms with E-state index in [0.29, 0.717) is 53.1 Å². The third-order valence-electron chi connectivity index (χ3n) is 19.0. The second-order valence-electron chi connectivity index (χ2n) is 21.7. The third kappa shape index (κ3) is 7.30. The Hall–Kier alpha value is 0.523. The van der Waals surface area contributed by atoms with Crippen molar-refractivity contribution >= 4 is 5.78 Å². The van der Waals surface area contributed by atoms with E-state index in [9.17, 15) is 4.79 Å². The van der Waals surface area contributed by atoms with E-state index >= 15 is 0 Å². The van der Waals surface area contributed by atoms with Crippen molar-refractivity contribution in [2.75, 3.05) is 0 Å². The van der Waals surface area contributed by atoms with Crippen LogP contribution in [-0.2, 0) is 63.4 Å². The predicted molar refractivity (Wildman–Crippen MR) is 213 cm³/mol. The number of carbonyl (C=O) groups excluding carboxylic acids is 1. The van der Waals surface area contributed by atoms with Crippen molar-refractivity contribution in [3.05, 3.63) is 24.0 Å². The number of ether oxygens (including phenoxy) is 4. The Kier molecular flexibility index (Phi) is 13.9. The van der Waals surface area contributed by atoms with Crippen LogP contribution in [0, 0.1) is 86.8 Å². The summed E-state index contributed by atoms with van der Waals surface area (Å²) in [6.45, 7) is 33.2. The molecule has 7 rings (SSSR count). The van der Waals surface area contributed by atoms with Gasteiger partial charge in [-0.05, 0) is 104 Å². The molecule has 7 aliphatic rings. The maximum Gasteiger partial charge on any atom is 0.182 e. The van der Waals surface area contributed by atoms with Crippen LogP contribution in [-0.4, -0.2) is 42.8 Å². The maximum atomic E-state index is 13.5. The molecular weight excluding hydrogens is 891 g/mol. The normalized spacial score (nSPS) is 52.1. The molecule has 1 radical (unpaired) electrons. The molecule has 18 atom stereocenters. The van der Waals surface area contributed by atoms with Crippen molar-refractivity contribution in [1.82, 2.24) is 0 Å². The largest absolute Gasteiger partial charge is 0.379 e. The summed E-state index contributed by atoms with van der Waals surface area (Å²) in [5, 5.41) is 0. The molecule has 0 bridgehead atoms. The van der Waals surface area contributed by atoms with Crippen molar-refractivity contribution < 1.29 is 63.4 Å². The first-order valence-electron chi connectivity index (χ1n) is 22.3. The predicted octanol–water partition coefficient (Wildman–Crippen LogP) is 11.6. The first-order chi connectivity index (χ1) is 24.7. The van der Waals surface area contributed by atoms with Gasteiger partial charge in [-0.15, -0.1) is 0 Å². The van der Waals surface area contributed by atoms with E-state index in [1.54, 1.807) is 5.57 Å². The van der Waals surface area contributed by atoms with E-state index in [2.05, 4.69) is 103 Å². The average Bonchev–Trinajstić information content (AvgIpc) is 3.10. The van der Waals surface area contributed by atoms with Crippen LogP contribution >= 0.6 is 0 Å². The molecule has 4 saturated carbocycles. The summed E-state index contributed by atoms with van der Waals surface area (Å²) >= 11 is 0. The summed E-state index contributed by atoms with van der Waals surface area (Å²) in [6.07, 6.45) is 15.9. The number of Topliss-reactive ketones (excluding diaryl/α,β-unsaturated/α-hetero) is 1. The summed E-state index contributed by atoms with van der Waals surface area (Å²) in [7, 11) is 0. The van der Waals surface area contributed by atoms with Gasteiger partial charge in [0.2, 0.25) is 0 Å². The fourth-order valence-electron chi connectivity index (χ4n) is 14.2. The van der Waals surface area contributed by atoms with Crippen molar-refractivity contribution in [2.45, 2.75) is 198 Å². The molecule has 0 spiro atoms. The zero-order valence-electron chi connectivity index (χ0n) is 37.2. The fourth-order valence-corrected chi connectivity index (χ4v) is 14.2. The first kappa shape index (κ1) is 46.6. The van der Waals surface area contributed by atoms with E-state index in [4.69, 9.17) is 18.9 Å². The number of rotatable bonds is 6. The number of allylic oxidation sites excluding steroid dienone is 2. The number of carbonyl (C=O) groups is 1. The Bertz CT molecular complexity index is 1420. The van der Waals surface area contributed by atoms with Gasteiger partial charge < -0.3 is 30.2 Å². The summed E-state index contributed by atoms with van der Waals surface area (Å²) in [6, 6.07) is 0. The molecular formula is C48H78O5VW-2. The molecule has 0 amide bonds. The number of fused-ring (bicyclic) bond motifs is 7. The number of ketones is 1. The molecule has 5 aliphatic carbocycles. The van der Waals surface area contributed by atoms with Crippen LogP contribution in [0.4, 0.5) is 0 Å². The van der Waals surface area contributed by atoms with Crippen molar-refractivity contribution in [3.8, 4) is 0 Å². The molecule has 0 N–H and O–H groups in total. The third-order valence-corrected chi connectivity index (χ3v) is 19.0. The second kappa shape index (κ2) is 16.4. The van der Waals surface area contributed by atoms with Gasteiger partial charge in [0.05, 0.1) is 12.2 Å². The van der Waals surface area contributed by atoms with Crippen LogP contribution in [0.3, 0.4) is 0 Å². The van der Waals surface area contributed by atoms with Gasteiger partial charge in [-0.2, -0.15) is 19.3 Å². The van der Waals surface area contributed by atoms with Crippen LogP contribution < -0.4 is 0 Å². The van der Waals surface area contributed by atoms with Crippen molar-refractivity contribution in [3.63, 3.8) is 0 Å². The molecule has 7 heteroatoms. The van der Waals surface area contributed by atoms with Gasteiger partial charge >= 0.3 is 0 Å². The minimum atomic E-state index is -0.405. The van der Waals surface area contributed by atoms with E-state index in [1.165, 1.54) is 25.2 Å². The van der Waals surface area contributed by atoms with Gasteiger partial charge in [-0.3, -0.25) is 5.92 Å². The summed E-state index contributed by atoms with van der Waals surface area (Å²) in [5.74, 6) is 5.44. The van der Waals surface area contributed by atoms with Crippen LogP contribution in [0.1, 0.15) is 161 Å². The van der Waals surface area contributed by atoms with E-state index in [1.807, 2.05) is 6.92 Å². The van der Waals surface area contributed by atoms with Crippen LogP contribution in [0.25, 0.3) is 0 Å². The van der Waals surface area contributed by atoms with Crippen LogP contribution in [0.5, 0.6) is 0 Å². The first-order valence-corrected chi connectivity index (χ1v) is 22.3. The standard InChI is InChI=1S/C48H78O5.V.W/c1-15-38-29(4)27(2)31(6)42(51-38)53-41-30(5)28(3)33(8)50-43(41)52-39-19-20-45(12)35(32(39)7)18-21-47(14)40(45)17-16-36-37-26-44(10,11)22-24-48(37,34(9)49)25-23-46(36,47)13;;/h16,25,27-31,33,35,37-43H,15,17-24,26H2,1-14H3;;/q-2;;/t27-,28-,29+,30-,31?,33?,35-,37?,38?,39-,40?,41?,42-,43-,45?,46+,47-,48?;;/m0../s1. The fraction of sp³-hybridized carbons (Fsp3) is 0.896. The molecule has 0 aromatic heterocycles. The molecule has 5 nitrogen and oxygen atoms in total. The molecule has 55 heavy (non-hydrogen) atoms. The van der Waals surface area contributed by atoms with Crippen LogP contribution in [0.15, 0.2) is 11.6 Å². The smallest absolute Gasteiger partial charge is 0.182 e. The molecule has 0 aromatic rings. The number of hydrogen-bond acceptors (Lipinski definition) is 5. The Morgan fingerprint density at radius 2 is 1.56 bits per heavy atom. The van der Waals surface area contributed by atoms with Gasteiger partial charge in [0.1, 0.15) is 11.9 Å². The summed E-state index contributed by atoms with van der Waals surface area (Å²) in [4.78, 5) is 13.5. The van der Waals surface area contributed by atoms with E-state index in [0.717, 1.165) is 44.9 Å². The number of hydrogen-bond donors (Lipinski definition) is 0. The van der Waals surface area contributed by atoms with Gasteiger partial charge in [-0.1, -0.05) is 124 Å². The van der Waals surface area contributed by atoms with Crippen LogP contribution in [0.2, 0.25) is 0 Å². The Labute approximate surface area is 363 Å². The zero-order chi connectivity index (χ0) is 38.6. The average molecular weight is 970 g/mol. The van der Waals surface area contributed by atoms with E-state index in [-0.39, 0.29) is 97.4 Å². The van der Waals surface area contributed by atoms with Gasteiger partial charge in [0.15, 0.2) is 12.6 Å². The summed E-state index contributed by atoms with van der Waals surface area (Å²) in [5.41, 5.74) is 2.16. The quantitative estimate of drug-likeness (QED) is 0.151. The molecule has 8 unspecified atom stereocenters. The SMILES string of the molecule is CCC1O[C@@H](OC2[C@H](O[C@H]3CCC4(C)C5CC=C6C7CC(C)(C)CCC7(C(C)=O)[CH-]C[C@@]6(C)[C@@]5(C)CC[C@H]4[C-]3C)OC(C)[C@@H](C)[C@@H]2C)C(C)[C@@H](C)[C@H]1C.[V].[W]. The maximum absolute atomic E-state index is 13.5. The molecule has 2 aliphatic heterocycles. The monoisotopic (exact) mass is 969 g/mol. The van der Waals surface area contributed by atoms with Gasteiger partial charge in [0.25, 0.3) is 0 Å². The Morgan fingerprint density at radius 1 is 0.873 bits per heavy atom.